The number of nitrogens with zero attached hydrogens (tertiary/aromatic N) is 1. The number of thiocarbonyl (C=S) groups is 1. The second-order valence-electron chi connectivity index (χ2n) is 4.95. The molecule has 0 fully saturated rings. The van der Waals surface area contributed by atoms with Gasteiger partial charge in [0.1, 0.15) is 0 Å². The molecule has 5 heteroatoms. The Labute approximate surface area is 130 Å². The lowest BCUT2D eigenvalue weighted by Gasteiger charge is -2.08. The van der Waals surface area contributed by atoms with Crippen molar-refractivity contribution in [1.29, 1.82) is 0 Å². The molecule has 1 aromatic heterocycles. The molecule has 110 valence electrons. The molecule has 0 saturated heterocycles. The fourth-order valence-corrected chi connectivity index (χ4v) is 2.34. The second kappa shape index (κ2) is 7.04. The maximum absolute atomic E-state index is 5.23. The van der Waals surface area contributed by atoms with E-state index in [4.69, 9.17) is 12.2 Å². The van der Waals surface area contributed by atoms with Gasteiger partial charge in [0.15, 0.2) is 5.11 Å². The predicted octanol–water partition coefficient (Wildman–Crippen LogP) is 3.02. The van der Waals surface area contributed by atoms with Crippen LogP contribution in [-0.4, -0.2) is 15.8 Å². The molecule has 1 heterocycles. The number of aromatic nitrogens is 1. The molecule has 0 aliphatic heterocycles. The van der Waals surface area contributed by atoms with E-state index in [9.17, 15) is 0 Å². The van der Waals surface area contributed by atoms with Crippen LogP contribution in [0.5, 0.6) is 0 Å². The summed E-state index contributed by atoms with van der Waals surface area (Å²) in [6, 6.07) is 10.1. The standard InChI is InChI=1S/C16H20N4S/c1-11-9-17-12(2)15(11)13(3)19-20-16(21)18-10-14-7-5-4-6-8-14/h4-9,17H,10H2,1-3H3,(H2,18,20,21)/b19-13+. The lowest BCUT2D eigenvalue weighted by Crippen LogP contribution is -2.32. The highest BCUT2D eigenvalue weighted by Crippen LogP contribution is 2.12. The van der Waals surface area contributed by atoms with E-state index in [2.05, 4.69) is 39.9 Å². The summed E-state index contributed by atoms with van der Waals surface area (Å²) in [7, 11) is 0. The van der Waals surface area contributed by atoms with Crippen molar-refractivity contribution in [3.63, 3.8) is 0 Å². The third-order valence-electron chi connectivity index (χ3n) is 3.26. The molecular formula is C16H20N4S. The van der Waals surface area contributed by atoms with E-state index in [0.29, 0.717) is 11.7 Å². The molecule has 0 unspecified atom stereocenters. The number of hydrogen-bond donors (Lipinski definition) is 3. The van der Waals surface area contributed by atoms with Gasteiger partial charge < -0.3 is 10.3 Å². The van der Waals surface area contributed by atoms with Crippen LogP contribution >= 0.6 is 12.2 Å². The Balaban J connectivity index is 1.90. The summed E-state index contributed by atoms with van der Waals surface area (Å²) in [6.45, 7) is 6.75. The fourth-order valence-electron chi connectivity index (χ4n) is 2.22. The first kappa shape index (κ1) is 15.3. The molecule has 0 aliphatic carbocycles. The number of nitrogens with one attached hydrogen (secondary N) is 3. The topological polar surface area (TPSA) is 52.2 Å². The Morgan fingerprint density at radius 3 is 2.57 bits per heavy atom. The first-order chi connectivity index (χ1) is 10.1. The van der Waals surface area contributed by atoms with Gasteiger partial charge in [0.05, 0.1) is 5.71 Å². The minimum absolute atomic E-state index is 0.518. The second-order valence-corrected chi connectivity index (χ2v) is 5.36. The molecule has 0 atom stereocenters. The van der Waals surface area contributed by atoms with Crippen molar-refractivity contribution >= 4 is 23.0 Å². The number of H-pyrrole nitrogens is 1. The van der Waals surface area contributed by atoms with Gasteiger partial charge >= 0.3 is 0 Å². The van der Waals surface area contributed by atoms with Crippen molar-refractivity contribution in [1.82, 2.24) is 15.7 Å². The fraction of sp³-hybridized carbons (Fsp3) is 0.250. The molecule has 2 aromatic rings. The van der Waals surface area contributed by atoms with E-state index in [1.165, 1.54) is 11.1 Å². The van der Waals surface area contributed by atoms with Gasteiger partial charge in [-0.3, -0.25) is 5.43 Å². The minimum atomic E-state index is 0.518. The Kier molecular flexibility index (Phi) is 5.11. The van der Waals surface area contributed by atoms with E-state index in [0.717, 1.165) is 17.0 Å². The van der Waals surface area contributed by atoms with Crippen LogP contribution in [0.25, 0.3) is 0 Å². The Hall–Kier alpha value is -2.14. The van der Waals surface area contributed by atoms with Gasteiger partial charge in [-0.2, -0.15) is 5.10 Å². The third-order valence-corrected chi connectivity index (χ3v) is 3.49. The highest BCUT2D eigenvalue weighted by molar-refractivity contribution is 7.80. The average molecular weight is 300 g/mol. The van der Waals surface area contributed by atoms with Crippen molar-refractivity contribution in [2.45, 2.75) is 27.3 Å². The van der Waals surface area contributed by atoms with Gasteiger partial charge in [-0.1, -0.05) is 30.3 Å². The van der Waals surface area contributed by atoms with Gasteiger partial charge in [-0.05, 0) is 44.1 Å². The van der Waals surface area contributed by atoms with Crippen molar-refractivity contribution in [2.75, 3.05) is 0 Å². The SMILES string of the molecule is C/C(=N\NC(=S)NCc1ccccc1)c1c(C)c[nH]c1C. The van der Waals surface area contributed by atoms with Gasteiger partial charge in [-0.25, -0.2) is 0 Å². The number of aromatic amines is 1. The predicted molar refractivity (Wildman–Crippen MR) is 91.5 cm³/mol. The molecule has 21 heavy (non-hydrogen) atoms. The van der Waals surface area contributed by atoms with Crippen LogP contribution in [0.15, 0.2) is 41.6 Å². The molecule has 0 bridgehead atoms. The Bertz CT molecular complexity index is 624. The zero-order chi connectivity index (χ0) is 15.2. The number of benzene rings is 1. The van der Waals surface area contributed by atoms with Crippen LogP contribution in [0.2, 0.25) is 0 Å². The Morgan fingerprint density at radius 1 is 1.24 bits per heavy atom. The number of rotatable bonds is 4. The largest absolute Gasteiger partial charge is 0.364 e. The van der Waals surface area contributed by atoms with Crippen LogP contribution in [0.1, 0.15) is 29.3 Å². The third kappa shape index (κ3) is 4.16. The van der Waals surface area contributed by atoms with E-state index >= 15 is 0 Å². The highest BCUT2D eigenvalue weighted by atomic mass is 32.1. The monoisotopic (exact) mass is 300 g/mol. The zero-order valence-electron chi connectivity index (χ0n) is 12.5. The van der Waals surface area contributed by atoms with Gasteiger partial charge in [0.25, 0.3) is 0 Å². The average Bonchev–Trinajstić information content (AvgIpc) is 2.83. The molecule has 3 N–H and O–H groups in total. The van der Waals surface area contributed by atoms with Crippen molar-refractivity contribution in [3.05, 3.63) is 58.9 Å². The maximum atomic E-state index is 5.23. The molecule has 0 saturated carbocycles. The summed E-state index contributed by atoms with van der Waals surface area (Å²) < 4.78 is 0. The molecule has 0 radical (unpaired) electrons. The summed E-state index contributed by atoms with van der Waals surface area (Å²) in [6.07, 6.45) is 1.98. The first-order valence-electron chi connectivity index (χ1n) is 6.85. The number of hydrazone groups is 1. The minimum Gasteiger partial charge on any atom is -0.364 e. The van der Waals surface area contributed by atoms with Gasteiger partial charge in [-0.15, -0.1) is 0 Å². The molecule has 2 rings (SSSR count). The molecule has 0 amide bonds. The van der Waals surface area contributed by atoms with E-state index in [1.807, 2.05) is 38.2 Å². The van der Waals surface area contributed by atoms with Crippen LogP contribution in [0.4, 0.5) is 0 Å². The normalized spacial score (nSPS) is 11.3. The van der Waals surface area contributed by atoms with Crippen LogP contribution < -0.4 is 10.7 Å². The summed E-state index contributed by atoms with van der Waals surface area (Å²) >= 11 is 5.23. The molecule has 0 aliphatic rings. The lowest BCUT2D eigenvalue weighted by atomic mass is 10.1. The summed E-state index contributed by atoms with van der Waals surface area (Å²) in [5.41, 5.74) is 8.40. The van der Waals surface area contributed by atoms with Crippen molar-refractivity contribution in [2.24, 2.45) is 5.10 Å². The summed E-state index contributed by atoms with van der Waals surface area (Å²) in [4.78, 5) is 3.20. The molecule has 1 aromatic carbocycles. The smallest absolute Gasteiger partial charge is 0.187 e. The quantitative estimate of drug-likeness (QED) is 0.462. The van der Waals surface area contributed by atoms with Crippen LogP contribution in [0, 0.1) is 13.8 Å². The van der Waals surface area contributed by atoms with E-state index in [1.54, 1.807) is 0 Å². The zero-order valence-corrected chi connectivity index (χ0v) is 13.3. The summed E-state index contributed by atoms with van der Waals surface area (Å²) in [5.74, 6) is 0. The lowest BCUT2D eigenvalue weighted by molar-refractivity contribution is 0.866. The highest BCUT2D eigenvalue weighted by Gasteiger charge is 2.07. The molecule has 0 spiro atoms. The first-order valence-corrected chi connectivity index (χ1v) is 7.25. The van der Waals surface area contributed by atoms with E-state index < -0.39 is 0 Å². The van der Waals surface area contributed by atoms with Crippen molar-refractivity contribution in [3.8, 4) is 0 Å². The Morgan fingerprint density at radius 2 is 1.95 bits per heavy atom. The van der Waals surface area contributed by atoms with Crippen LogP contribution in [-0.2, 0) is 6.54 Å². The van der Waals surface area contributed by atoms with E-state index in [-0.39, 0.29) is 0 Å². The molecule has 4 nitrogen and oxygen atoms in total. The maximum Gasteiger partial charge on any atom is 0.187 e. The van der Waals surface area contributed by atoms with Gasteiger partial charge in [0.2, 0.25) is 0 Å². The summed E-state index contributed by atoms with van der Waals surface area (Å²) in [5, 5.41) is 8.00. The number of aryl methyl sites for hydroxylation is 2. The number of hydrogen-bond acceptors (Lipinski definition) is 2. The molecular weight excluding hydrogens is 280 g/mol. The van der Waals surface area contributed by atoms with Crippen molar-refractivity contribution < 1.29 is 0 Å². The van der Waals surface area contributed by atoms with Gasteiger partial charge in [0, 0.05) is 24.0 Å². The van der Waals surface area contributed by atoms with Crippen LogP contribution in [0.3, 0.4) is 0 Å².